The normalized spacial score (nSPS) is 10.6. The van der Waals surface area contributed by atoms with Crippen LogP contribution >= 0.6 is 11.5 Å². The molecule has 2 heterocycles. The number of carbonyl (C=O) groups excluding carboxylic acids is 1. The summed E-state index contributed by atoms with van der Waals surface area (Å²) in [6.45, 7) is 1.82. The summed E-state index contributed by atoms with van der Waals surface area (Å²) in [4.78, 5) is 16.6. The Morgan fingerprint density at radius 1 is 1.33 bits per heavy atom. The smallest absolute Gasteiger partial charge is 0.258 e. The lowest BCUT2D eigenvalue weighted by molar-refractivity contribution is 0.102. The van der Waals surface area contributed by atoms with Crippen molar-refractivity contribution in [1.82, 2.24) is 9.36 Å². The molecule has 0 unspecified atom stereocenters. The first-order valence-corrected chi connectivity index (χ1v) is 7.18. The van der Waals surface area contributed by atoms with Gasteiger partial charge in [0, 0.05) is 17.0 Å². The molecule has 0 saturated heterocycles. The zero-order valence-electron chi connectivity index (χ0n) is 11.6. The maximum atomic E-state index is 12.3. The summed E-state index contributed by atoms with van der Waals surface area (Å²) >= 11 is 1.27. The second-order valence-electron chi connectivity index (χ2n) is 4.48. The van der Waals surface area contributed by atoms with E-state index < -0.39 is 0 Å². The lowest BCUT2D eigenvalue weighted by atomic mass is 10.1. The number of ether oxygens (including phenoxy) is 1. The van der Waals surface area contributed by atoms with Gasteiger partial charge in [0.25, 0.3) is 5.91 Å². The van der Waals surface area contributed by atoms with E-state index in [1.807, 2.05) is 25.1 Å². The number of aromatic nitrogens is 2. The van der Waals surface area contributed by atoms with Gasteiger partial charge in [-0.15, -0.1) is 0 Å². The van der Waals surface area contributed by atoms with Crippen LogP contribution in [0.25, 0.3) is 10.9 Å². The fourth-order valence-electron chi connectivity index (χ4n) is 2.13. The number of hydrogen-bond acceptors (Lipinski definition) is 5. The van der Waals surface area contributed by atoms with Gasteiger partial charge in [-0.1, -0.05) is 6.07 Å². The largest absolute Gasteiger partial charge is 0.496 e. The lowest BCUT2D eigenvalue weighted by Gasteiger charge is -2.09. The van der Waals surface area contributed by atoms with E-state index in [9.17, 15) is 4.79 Å². The summed E-state index contributed by atoms with van der Waals surface area (Å²) in [5.41, 5.74) is 2.66. The molecular formula is C15H13N3O2S. The van der Waals surface area contributed by atoms with Crippen LogP contribution < -0.4 is 10.1 Å². The zero-order valence-corrected chi connectivity index (χ0v) is 12.4. The van der Waals surface area contributed by atoms with Crippen LogP contribution in [0.2, 0.25) is 0 Å². The van der Waals surface area contributed by atoms with Crippen molar-refractivity contribution in [2.75, 3.05) is 12.4 Å². The maximum absolute atomic E-state index is 12.3. The molecule has 0 aliphatic heterocycles. The van der Waals surface area contributed by atoms with Crippen molar-refractivity contribution in [2.24, 2.45) is 0 Å². The van der Waals surface area contributed by atoms with E-state index in [0.29, 0.717) is 16.8 Å². The summed E-state index contributed by atoms with van der Waals surface area (Å²) in [6, 6.07) is 7.39. The molecule has 1 amide bonds. The summed E-state index contributed by atoms with van der Waals surface area (Å²) in [7, 11) is 1.61. The van der Waals surface area contributed by atoms with Crippen LogP contribution in [0.4, 0.5) is 5.69 Å². The molecule has 1 aromatic carbocycles. The summed E-state index contributed by atoms with van der Waals surface area (Å²) in [5, 5.41) is 5.49. The van der Waals surface area contributed by atoms with E-state index in [2.05, 4.69) is 14.7 Å². The number of aryl methyl sites for hydroxylation is 1. The number of nitrogens with zero attached hydrogens (tertiary/aromatic N) is 2. The summed E-state index contributed by atoms with van der Waals surface area (Å²) < 4.78 is 9.43. The number of amides is 1. The van der Waals surface area contributed by atoms with Crippen LogP contribution in [-0.2, 0) is 0 Å². The first kappa shape index (κ1) is 13.5. The Morgan fingerprint density at radius 3 is 2.90 bits per heavy atom. The van der Waals surface area contributed by atoms with Crippen LogP contribution in [0, 0.1) is 6.92 Å². The molecule has 0 aliphatic rings. The zero-order chi connectivity index (χ0) is 14.8. The van der Waals surface area contributed by atoms with Gasteiger partial charge < -0.3 is 10.1 Å². The van der Waals surface area contributed by atoms with E-state index >= 15 is 0 Å². The Balaban J connectivity index is 2.02. The number of pyridine rings is 1. The Morgan fingerprint density at radius 2 is 2.19 bits per heavy atom. The molecule has 106 valence electrons. The molecule has 5 nitrogen and oxygen atoms in total. The van der Waals surface area contributed by atoms with Crippen molar-refractivity contribution < 1.29 is 9.53 Å². The maximum Gasteiger partial charge on any atom is 0.258 e. The molecule has 0 bridgehead atoms. The lowest BCUT2D eigenvalue weighted by Crippen LogP contribution is -2.12. The van der Waals surface area contributed by atoms with E-state index in [1.165, 1.54) is 11.5 Å². The average molecular weight is 299 g/mol. The fourth-order valence-corrected chi connectivity index (χ4v) is 2.82. The molecule has 0 spiro atoms. The number of hydrogen-bond donors (Lipinski definition) is 1. The SMILES string of the molecule is COc1ccnc2c(NC(=O)c3csnc3C)cccc12. The molecule has 3 aromatic rings. The van der Waals surface area contributed by atoms with Gasteiger partial charge in [0.1, 0.15) is 5.75 Å². The predicted octanol–water partition coefficient (Wildman–Crippen LogP) is 3.26. The van der Waals surface area contributed by atoms with E-state index in [4.69, 9.17) is 4.74 Å². The first-order valence-electron chi connectivity index (χ1n) is 6.34. The van der Waals surface area contributed by atoms with Crippen molar-refractivity contribution in [2.45, 2.75) is 6.92 Å². The minimum Gasteiger partial charge on any atom is -0.496 e. The number of para-hydroxylation sites is 1. The predicted molar refractivity (Wildman–Crippen MR) is 83.1 cm³/mol. The van der Waals surface area contributed by atoms with Gasteiger partial charge in [-0.25, -0.2) is 0 Å². The van der Waals surface area contributed by atoms with Gasteiger partial charge in [-0.3, -0.25) is 9.78 Å². The number of anilines is 1. The Labute approximate surface area is 125 Å². The standard InChI is InChI=1S/C15H13N3O2S/c1-9-11(8-21-18-9)15(19)17-12-5-3-4-10-13(20-2)6-7-16-14(10)12/h3-8H,1-2H3,(H,17,19). The van der Waals surface area contributed by atoms with Crippen LogP contribution in [0.5, 0.6) is 5.75 Å². The molecule has 0 radical (unpaired) electrons. The number of fused-ring (bicyclic) bond motifs is 1. The quantitative estimate of drug-likeness (QED) is 0.806. The van der Waals surface area contributed by atoms with Crippen LogP contribution in [0.1, 0.15) is 16.1 Å². The van der Waals surface area contributed by atoms with Crippen molar-refractivity contribution >= 4 is 34.0 Å². The van der Waals surface area contributed by atoms with E-state index in [-0.39, 0.29) is 5.91 Å². The number of methoxy groups -OCH3 is 1. The highest BCUT2D eigenvalue weighted by Crippen LogP contribution is 2.29. The van der Waals surface area contributed by atoms with Gasteiger partial charge in [0.2, 0.25) is 0 Å². The number of carbonyl (C=O) groups is 1. The second kappa shape index (κ2) is 5.49. The fraction of sp³-hybridized carbons (Fsp3) is 0.133. The minimum absolute atomic E-state index is 0.182. The molecule has 21 heavy (non-hydrogen) atoms. The number of rotatable bonds is 3. The first-order chi connectivity index (χ1) is 10.2. The molecule has 0 fully saturated rings. The van der Waals surface area contributed by atoms with Crippen molar-refractivity contribution in [1.29, 1.82) is 0 Å². The highest BCUT2D eigenvalue weighted by molar-refractivity contribution is 7.04. The average Bonchev–Trinajstić information content (AvgIpc) is 2.93. The van der Waals surface area contributed by atoms with E-state index in [1.54, 1.807) is 24.8 Å². The second-order valence-corrected chi connectivity index (χ2v) is 5.11. The number of nitrogens with one attached hydrogen (secondary N) is 1. The third-order valence-corrected chi connectivity index (χ3v) is 3.91. The van der Waals surface area contributed by atoms with Gasteiger partial charge in [-0.05, 0) is 36.7 Å². The van der Waals surface area contributed by atoms with Crippen molar-refractivity contribution in [3.05, 3.63) is 47.1 Å². The van der Waals surface area contributed by atoms with Gasteiger partial charge in [-0.2, -0.15) is 4.37 Å². The van der Waals surface area contributed by atoms with Gasteiger partial charge >= 0.3 is 0 Å². The molecule has 0 atom stereocenters. The monoisotopic (exact) mass is 299 g/mol. The van der Waals surface area contributed by atoms with Gasteiger partial charge in [0.15, 0.2) is 0 Å². The van der Waals surface area contributed by atoms with E-state index in [0.717, 1.165) is 16.8 Å². The topological polar surface area (TPSA) is 64.1 Å². The Bertz CT molecular complexity index is 814. The van der Waals surface area contributed by atoms with Crippen molar-refractivity contribution in [3.8, 4) is 5.75 Å². The van der Waals surface area contributed by atoms with Crippen LogP contribution in [0.3, 0.4) is 0 Å². The van der Waals surface area contributed by atoms with Crippen LogP contribution in [-0.4, -0.2) is 22.4 Å². The summed E-state index contributed by atoms with van der Waals surface area (Å²) in [6.07, 6.45) is 1.66. The molecular weight excluding hydrogens is 286 g/mol. The molecule has 0 saturated carbocycles. The van der Waals surface area contributed by atoms with Gasteiger partial charge in [0.05, 0.1) is 29.6 Å². The highest BCUT2D eigenvalue weighted by Gasteiger charge is 2.14. The third kappa shape index (κ3) is 2.45. The Hall–Kier alpha value is -2.47. The minimum atomic E-state index is -0.182. The highest BCUT2D eigenvalue weighted by atomic mass is 32.1. The van der Waals surface area contributed by atoms with Crippen molar-refractivity contribution in [3.63, 3.8) is 0 Å². The molecule has 1 N–H and O–H groups in total. The molecule has 6 heteroatoms. The number of benzene rings is 1. The third-order valence-electron chi connectivity index (χ3n) is 3.19. The molecule has 3 rings (SSSR count). The summed E-state index contributed by atoms with van der Waals surface area (Å²) in [5.74, 6) is 0.544. The Kier molecular flexibility index (Phi) is 3.53. The molecule has 0 aliphatic carbocycles. The van der Waals surface area contributed by atoms with Crippen LogP contribution in [0.15, 0.2) is 35.8 Å². The molecule has 2 aromatic heterocycles.